The van der Waals surface area contributed by atoms with E-state index in [1.54, 1.807) is 18.2 Å². The van der Waals surface area contributed by atoms with Crippen LogP contribution in [0.25, 0.3) is 0 Å². The number of anilines is 1. The molecule has 1 spiro atoms. The molecule has 0 unspecified atom stereocenters. The summed E-state index contributed by atoms with van der Waals surface area (Å²) in [6, 6.07) is 5.12. The van der Waals surface area contributed by atoms with Crippen molar-refractivity contribution in [1.82, 2.24) is 10.2 Å². The van der Waals surface area contributed by atoms with Gasteiger partial charge in [0.2, 0.25) is 5.91 Å². The maximum absolute atomic E-state index is 13.2. The van der Waals surface area contributed by atoms with E-state index in [0.29, 0.717) is 43.1 Å². The van der Waals surface area contributed by atoms with Crippen LogP contribution in [0, 0.1) is 11.8 Å². The second-order valence-electron chi connectivity index (χ2n) is 8.42. The first-order chi connectivity index (χ1) is 14.0. The van der Waals surface area contributed by atoms with E-state index >= 15 is 0 Å². The Hall–Kier alpha value is -2.61. The highest BCUT2D eigenvalue weighted by Crippen LogP contribution is 2.54. The highest BCUT2D eigenvalue weighted by molar-refractivity contribution is 5.99. The van der Waals surface area contributed by atoms with Gasteiger partial charge in [0.25, 0.3) is 11.8 Å². The molecule has 4 heterocycles. The molecule has 1 aromatic carbocycles. The second-order valence-corrected chi connectivity index (χ2v) is 8.42. The van der Waals surface area contributed by atoms with E-state index in [9.17, 15) is 14.4 Å². The molecule has 5 rings (SSSR count). The molecule has 3 saturated heterocycles. The normalized spacial score (nSPS) is 31.7. The Labute approximate surface area is 168 Å². The third kappa shape index (κ3) is 2.97. The van der Waals surface area contributed by atoms with E-state index in [0.717, 1.165) is 12.8 Å². The Morgan fingerprint density at radius 3 is 3.07 bits per heavy atom. The maximum atomic E-state index is 13.2. The van der Waals surface area contributed by atoms with Gasteiger partial charge in [-0.2, -0.15) is 0 Å². The molecule has 2 bridgehead atoms. The summed E-state index contributed by atoms with van der Waals surface area (Å²) in [5.41, 5.74) is 0.853. The molecule has 2 N–H and O–H groups in total. The zero-order valence-electron chi connectivity index (χ0n) is 16.4. The van der Waals surface area contributed by atoms with Crippen molar-refractivity contribution in [1.29, 1.82) is 0 Å². The number of benzene rings is 1. The SMILES string of the molecule is CCC(=O)NC[C@H]1[C@H]2CN(C(=O)c3ccc4c(c3)OCC(=O)N4)C[C@]23CC[C@H]1O3. The number of rotatable bonds is 4. The highest BCUT2D eigenvalue weighted by Gasteiger charge is 2.63. The van der Waals surface area contributed by atoms with Gasteiger partial charge < -0.3 is 25.0 Å². The Balaban J connectivity index is 1.32. The molecule has 154 valence electrons. The van der Waals surface area contributed by atoms with Gasteiger partial charge in [-0.1, -0.05) is 6.92 Å². The molecule has 0 saturated carbocycles. The molecule has 4 aliphatic rings. The summed E-state index contributed by atoms with van der Waals surface area (Å²) in [5, 5.41) is 5.75. The van der Waals surface area contributed by atoms with Gasteiger partial charge in [-0.05, 0) is 31.0 Å². The molecular formula is C21H25N3O5. The van der Waals surface area contributed by atoms with Crippen molar-refractivity contribution in [2.75, 3.05) is 31.6 Å². The standard InChI is InChI=1S/C21H25N3O5/c1-2-18(25)22-8-13-14-9-24(11-21(14)6-5-16(13)29-21)20(27)12-3-4-15-17(7-12)28-10-19(26)23-15/h3-4,7,13-14,16H,2,5-6,8-11H2,1H3,(H,22,25)(H,23,26)/t13-,14+,16+,21+/m0/s1. The molecule has 3 fully saturated rings. The van der Waals surface area contributed by atoms with E-state index in [4.69, 9.17) is 9.47 Å². The third-order valence-electron chi connectivity index (χ3n) is 6.79. The Morgan fingerprint density at radius 2 is 2.24 bits per heavy atom. The molecule has 8 heteroatoms. The summed E-state index contributed by atoms with van der Waals surface area (Å²) in [6.07, 6.45) is 2.59. The van der Waals surface area contributed by atoms with Crippen LogP contribution >= 0.6 is 0 Å². The quantitative estimate of drug-likeness (QED) is 0.792. The van der Waals surface area contributed by atoms with Crippen molar-refractivity contribution in [3.8, 4) is 5.75 Å². The number of ether oxygens (including phenoxy) is 2. The monoisotopic (exact) mass is 399 g/mol. The first-order valence-electron chi connectivity index (χ1n) is 10.3. The summed E-state index contributed by atoms with van der Waals surface area (Å²) in [6.45, 7) is 3.63. The zero-order valence-corrected chi connectivity index (χ0v) is 16.4. The fraction of sp³-hybridized carbons (Fsp3) is 0.571. The van der Waals surface area contributed by atoms with Gasteiger partial charge in [-0.3, -0.25) is 14.4 Å². The number of carbonyl (C=O) groups excluding carboxylic acids is 3. The van der Waals surface area contributed by atoms with E-state index in [2.05, 4.69) is 10.6 Å². The maximum Gasteiger partial charge on any atom is 0.262 e. The number of nitrogens with one attached hydrogen (secondary N) is 2. The fourth-order valence-electron chi connectivity index (χ4n) is 5.37. The van der Waals surface area contributed by atoms with Crippen molar-refractivity contribution in [2.24, 2.45) is 11.8 Å². The molecule has 4 aliphatic heterocycles. The second kappa shape index (κ2) is 6.73. The van der Waals surface area contributed by atoms with E-state index in [1.165, 1.54) is 0 Å². The lowest BCUT2D eigenvalue weighted by atomic mass is 9.73. The van der Waals surface area contributed by atoms with Crippen molar-refractivity contribution < 1.29 is 23.9 Å². The minimum absolute atomic E-state index is 0.0417. The van der Waals surface area contributed by atoms with Crippen LogP contribution in [0.5, 0.6) is 5.75 Å². The molecule has 3 amide bonds. The van der Waals surface area contributed by atoms with Crippen LogP contribution in [0.1, 0.15) is 36.5 Å². The predicted octanol–water partition coefficient (Wildman–Crippen LogP) is 1.16. The molecule has 0 radical (unpaired) electrons. The highest BCUT2D eigenvalue weighted by atomic mass is 16.5. The number of carbonyl (C=O) groups is 3. The smallest absolute Gasteiger partial charge is 0.262 e. The lowest BCUT2D eigenvalue weighted by Gasteiger charge is -2.29. The number of fused-ring (bicyclic) bond motifs is 2. The summed E-state index contributed by atoms with van der Waals surface area (Å²) in [4.78, 5) is 38.2. The largest absolute Gasteiger partial charge is 0.482 e. The molecule has 0 aromatic heterocycles. The number of amides is 3. The van der Waals surface area contributed by atoms with Gasteiger partial charge in [0.1, 0.15) is 5.75 Å². The number of likely N-dealkylation sites (tertiary alicyclic amines) is 1. The lowest BCUT2D eigenvalue weighted by molar-refractivity contribution is -0.121. The van der Waals surface area contributed by atoms with Crippen LogP contribution in [0.2, 0.25) is 0 Å². The van der Waals surface area contributed by atoms with Gasteiger partial charge in [-0.25, -0.2) is 0 Å². The van der Waals surface area contributed by atoms with Crippen LogP contribution < -0.4 is 15.4 Å². The minimum Gasteiger partial charge on any atom is -0.482 e. The Bertz CT molecular complexity index is 887. The van der Waals surface area contributed by atoms with E-state index < -0.39 is 0 Å². The zero-order chi connectivity index (χ0) is 20.2. The van der Waals surface area contributed by atoms with Gasteiger partial charge >= 0.3 is 0 Å². The van der Waals surface area contributed by atoms with Gasteiger partial charge in [0.15, 0.2) is 6.61 Å². The van der Waals surface area contributed by atoms with Crippen molar-refractivity contribution in [3.63, 3.8) is 0 Å². The van der Waals surface area contributed by atoms with Crippen LogP contribution in [-0.4, -0.2) is 60.6 Å². The summed E-state index contributed by atoms with van der Waals surface area (Å²) < 4.78 is 11.8. The van der Waals surface area contributed by atoms with Crippen molar-refractivity contribution in [2.45, 2.75) is 37.9 Å². The van der Waals surface area contributed by atoms with E-state index in [1.807, 2.05) is 11.8 Å². The van der Waals surface area contributed by atoms with Crippen LogP contribution in [-0.2, 0) is 14.3 Å². The Kier molecular flexibility index (Phi) is 4.27. The molecule has 29 heavy (non-hydrogen) atoms. The predicted molar refractivity (Wildman–Crippen MR) is 104 cm³/mol. The van der Waals surface area contributed by atoms with Crippen LogP contribution in [0.4, 0.5) is 5.69 Å². The third-order valence-corrected chi connectivity index (χ3v) is 6.79. The molecule has 4 atom stereocenters. The van der Waals surface area contributed by atoms with Crippen molar-refractivity contribution >= 4 is 23.4 Å². The molecular weight excluding hydrogens is 374 g/mol. The van der Waals surface area contributed by atoms with E-state index in [-0.39, 0.29) is 47.9 Å². The topological polar surface area (TPSA) is 97.0 Å². The van der Waals surface area contributed by atoms with Gasteiger partial charge in [0.05, 0.1) is 23.9 Å². The number of hydrogen-bond donors (Lipinski definition) is 2. The first kappa shape index (κ1) is 18.4. The average molecular weight is 399 g/mol. The minimum atomic E-state index is -0.277. The van der Waals surface area contributed by atoms with Crippen molar-refractivity contribution in [3.05, 3.63) is 23.8 Å². The molecule has 8 nitrogen and oxygen atoms in total. The fourth-order valence-corrected chi connectivity index (χ4v) is 5.37. The summed E-state index contributed by atoms with van der Waals surface area (Å²) in [7, 11) is 0. The number of hydrogen-bond acceptors (Lipinski definition) is 5. The average Bonchev–Trinajstić information content (AvgIpc) is 3.39. The lowest BCUT2D eigenvalue weighted by Crippen LogP contribution is -2.41. The molecule has 0 aliphatic carbocycles. The summed E-state index contributed by atoms with van der Waals surface area (Å²) >= 11 is 0. The Morgan fingerprint density at radius 1 is 1.38 bits per heavy atom. The van der Waals surface area contributed by atoms with Gasteiger partial charge in [0, 0.05) is 36.9 Å². The van der Waals surface area contributed by atoms with Crippen LogP contribution in [0.15, 0.2) is 18.2 Å². The summed E-state index contributed by atoms with van der Waals surface area (Å²) in [5.74, 6) is 0.812. The number of nitrogens with zero attached hydrogens (tertiary/aromatic N) is 1. The van der Waals surface area contributed by atoms with Crippen LogP contribution in [0.3, 0.4) is 0 Å². The first-order valence-corrected chi connectivity index (χ1v) is 10.3. The van der Waals surface area contributed by atoms with Gasteiger partial charge in [-0.15, -0.1) is 0 Å². The molecule has 1 aromatic rings.